The number of benzene rings is 2. The smallest absolute Gasteiger partial charge is 0.275 e. The molecule has 7 heteroatoms. The third-order valence-electron chi connectivity index (χ3n) is 4.02. The van der Waals surface area contributed by atoms with Gasteiger partial charge in [0.15, 0.2) is 0 Å². The molecular weight excluding hydrogens is 364 g/mol. The van der Waals surface area contributed by atoms with Crippen molar-refractivity contribution in [2.24, 2.45) is 0 Å². The zero-order valence-corrected chi connectivity index (χ0v) is 15.7. The van der Waals surface area contributed by atoms with E-state index >= 15 is 0 Å². The number of carbonyl (C=O) groups excluding carboxylic acids is 1. The minimum Gasteiger partial charge on any atom is -0.495 e. The Labute approximate surface area is 162 Å². The van der Waals surface area contributed by atoms with Crippen molar-refractivity contribution in [2.45, 2.75) is 13.5 Å². The largest absolute Gasteiger partial charge is 0.495 e. The summed E-state index contributed by atoms with van der Waals surface area (Å²) in [6.45, 7) is 2.69. The first-order valence-corrected chi connectivity index (χ1v) is 8.70. The molecule has 0 fully saturated rings. The molecule has 0 aliphatic rings. The molecule has 1 amide bonds. The summed E-state index contributed by atoms with van der Waals surface area (Å²) < 4.78 is 5.09. The van der Waals surface area contributed by atoms with Gasteiger partial charge in [-0.05, 0) is 36.2 Å². The summed E-state index contributed by atoms with van der Waals surface area (Å²) in [4.78, 5) is 20.7. The maximum Gasteiger partial charge on any atom is 0.275 e. The predicted octanol–water partition coefficient (Wildman–Crippen LogP) is 4.31. The number of halogens is 1. The van der Waals surface area contributed by atoms with Gasteiger partial charge >= 0.3 is 0 Å². The molecule has 0 spiro atoms. The van der Waals surface area contributed by atoms with Gasteiger partial charge in [0.1, 0.15) is 17.3 Å². The van der Waals surface area contributed by atoms with Crippen molar-refractivity contribution >= 4 is 29.0 Å². The van der Waals surface area contributed by atoms with E-state index in [1.165, 1.54) is 30.6 Å². The highest BCUT2D eigenvalue weighted by atomic mass is 35.5. The standard InChI is InChI=1S/C20H19ClN4O2/c1-13-5-3-4-6-14(13)10-23-19-12-22-17(11-24-19)20(26)25-15-7-8-18(27-2)16(21)9-15/h3-9,11-12H,10H2,1-2H3,(H,23,24)(H,25,26). The van der Waals surface area contributed by atoms with E-state index in [9.17, 15) is 4.79 Å². The van der Waals surface area contributed by atoms with Gasteiger partial charge in [0.2, 0.25) is 0 Å². The van der Waals surface area contributed by atoms with Crippen LogP contribution in [0, 0.1) is 6.92 Å². The SMILES string of the molecule is COc1ccc(NC(=O)c2cnc(NCc3ccccc3C)cn2)cc1Cl. The minimum absolute atomic E-state index is 0.211. The summed E-state index contributed by atoms with van der Waals surface area (Å²) in [5.41, 5.74) is 3.14. The van der Waals surface area contributed by atoms with Gasteiger partial charge in [-0.15, -0.1) is 0 Å². The number of hydrogen-bond acceptors (Lipinski definition) is 5. The quantitative estimate of drug-likeness (QED) is 0.664. The summed E-state index contributed by atoms with van der Waals surface area (Å²) in [7, 11) is 1.53. The Morgan fingerprint density at radius 3 is 2.63 bits per heavy atom. The molecule has 2 N–H and O–H groups in total. The number of aryl methyl sites for hydroxylation is 1. The highest BCUT2D eigenvalue weighted by Gasteiger charge is 2.10. The highest BCUT2D eigenvalue weighted by molar-refractivity contribution is 6.32. The number of methoxy groups -OCH3 is 1. The maximum atomic E-state index is 12.3. The maximum absolute atomic E-state index is 12.3. The third-order valence-corrected chi connectivity index (χ3v) is 4.31. The van der Waals surface area contributed by atoms with Crippen LogP contribution >= 0.6 is 11.6 Å². The first-order chi connectivity index (χ1) is 13.1. The Morgan fingerprint density at radius 2 is 1.96 bits per heavy atom. The van der Waals surface area contributed by atoms with Crippen molar-refractivity contribution in [1.29, 1.82) is 0 Å². The van der Waals surface area contributed by atoms with E-state index in [0.717, 1.165) is 0 Å². The van der Waals surface area contributed by atoms with Crippen LogP contribution in [0.2, 0.25) is 5.02 Å². The molecule has 0 aliphatic heterocycles. The Kier molecular flexibility index (Phi) is 5.88. The second kappa shape index (κ2) is 8.51. The van der Waals surface area contributed by atoms with E-state index in [-0.39, 0.29) is 11.6 Å². The summed E-state index contributed by atoms with van der Waals surface area (Å²) in [6, 6.07) is 13.1. The highest BCUT2D eigenvalue weighted by Crippen LogP contribution is 2.27. The molecular formula is C20H19ClN4O2. The lowest BCUT2D eigenvalue weighted by molar-refractivity contribution is 0.102. The molecule has 0 saturated heterocycles. The second-order valence-electron chi connectivity index (χ2n) is 5.87. The first kappa shape index (κ1) is 18.7. The summed E-state index contributed by atoms with van der Waals surface area (Å²) in [6.07, 6.45) is 2.97. The van der Waals surface area contributed by atoms with Crippen LogP contribution in [0.15, 0.2) is 54.9 Å². The van der Waals surface area contributed by atoms with Crippen LogP contribution in [0.5, 0.6) is 5.75 Å². The average Bonchev–Trinajstić information content (AvgIpc) is 2.68. The Bertz CT molecular complexity index is 945. The zero-order valence-electron chi connectivity index (χ0n) is 15.0. The molecule has 6 nitrogen and oxygen atoms in total. The Hall–Kier alpha value is -3.12. The van der Waals surface area contributed by atoms with Crippen molar-refractivity contribution in [2.75, 3.05) is 17.7 Å². The predicted molar refractivity (Wildman–Crippen MR) is 106 cm³/mol. The van der Waals surface area contributed by atoms with E-state index in [0.29, 0.717) is 28.8 Å². The normalized spacial score (nSPS) is 10.3. The summed E-state index contributed by atoms with van der Waals surface area (Å²) in [5.74, 6) is 0.773. The zero-order chi connectivity index (χ0) is 19.2. The van der Waals surface area contributed by atoms with Crippen LogP contribution in [-0.4, -0.2) is 23.0 Å². The average molecular weight is 383 g/mol. The van der Waals surface area contributed by atoms with Gasteiger partial charge in [0.05, 0.1) is 24.5 Å². The number of rotatable bonds is 6. The number of hydrogen-bond donors (Lipinski definition) is 2. The molecule has 3 aromatic rings. The fraction of sp³-hybridized carbons (Fsp3) is 0.150. The fourth-order valence-corrected chi connectivity index (χ4v) is 2.73. The van der Waals surface area contributed by atoms with Crippen LogP contribution in [0.3, 0.4) is 0 Å². The molecule has 138 valence electrons. The molecule has 0 saturated carbocycles. The first-order valence-electron chi connectivity index (χ1n) is 8.32. The molecule has 1 heterocycles. The van der Waals surface area contributed by atoms with Crippen LogP contribution in [0.4, 0.5) is 11.5 Å². The third kappa shape index (κ3) is 4.74. The van der Waals surface area contributed by atoms with Gasteiger partial charge < -0.3 is 15.4 Å². The van der Waals surface area contributed by atoms with E-state index in [1.54, 1.807) is 18.2 Å². The van der Waals surface area contributed by atoms with Gasteiger partial charge in [-0.2, -0.15) is 0 Å². The molecule has 1 aromatic heterocycles. The molecule has 0 aliphatic carbocycles. The molecule has 0 unspecified atom stereocenters. The molecule has 0 bridgehead atoms. The van der Waals surface area contributed by atoms with E-state index < -0.39 is 0 Å². The Morgan fingerprint density at radius 1 is 1.15 bits per heavy atom. The van der Waals surface area contributed by atoms with E-state index in [4.69, 9.17) is 16.3 Å². The van der Waals surface area contributed by atoms with Crippen molar-refractivity contribution in [3.63, 3.8) is 0 Å². The minimum atomic E-state index is -0.366. The number of aromatic nitrogens is 2. The van der Waals surface area contributed by atoms with Gasteiger partial charge in [0.25, 0.3) is 5.91 Å². The number of nitrogens with one attached hydrogen (secondary N) is 2. The molecule has 2 aromatic carbocycles. The number of anilines is 2. The van der Waals surface area contributed by atoms with Crippen molar-refractivity contribution < 1.29 is 9.53 Å². The van der Waals surface area contributed by atoms with Crippen LogP contribution in [0.1, 0.15) is 21.6 Å². The van der Waals surface area contributed by atoms with Crippen molar-refractivity contribution in [1.82, 2.24) is 9.97 Å². The lowest BCUT2D eigenvalue weighted by atomic mass is 10.1. The molecule has 3 rings (SSSR count). The number of amides is 1. The van der Waals surface area contributed by atoms with Gasteiger partial charge in [0, 0.05) is 12.2 Å². The molecule has 0 radical (unpaired) electrons. The van der Waals surface area contributed by atoms with Crippen molar-refractivity contribution in [3.8, 4) is 5.75 Å². The second-order valence-corrected chi connectivity index (χ2v) is 6.28. The topological polar surface area (TPSA) is 76.1 Å². The molecule has 27 heavy (non-hydrogen) atoms. The molecule has 0 atom stereocenters. The van der Waals surface area contributed by atoms with E-state index in [2.05, 4.69) is 39.7 Å². The number of carbonyl (C=O) groups is 1. The number of ether oxygens (including phenoxy) is 1. The van der Waals surface area contributed by atoms with Gasteiger partial charge in [-0.3, -0.25) is 4.79 Å². The summed E-state index contributed by atoms with van der Waals surface area (Å²) in [5, 5.41) is 6.35. The van der Waals surface area contributed by atoms with Crippen LogP contribution in [-0.2, 0) is 6.54 Å². The van der Waals surface area contributed by atoms with Crippen molar-refractivity contribution in [3.05, 3.63) is 76.7 Å². The lowest BCUT2D eigenvalue weighted by Gasteiger charge is -2.09. The number of nitrogens with zero attached hydrogens (tertiary/aromatic N) is 2. The van der Waals surface area contributed by atoms with Gasteiger partial charge in [-0.1, -0.05) is 35.9 Å². The van der Waals surface area contributed by atoms with Gasteiger partial charge in [-0.25, -0.2) is 9.97 Å². The van der Waals surface area contributed by atoms with Crippen LogP contribution < -0.4 is 15.4 Å². The lowest BCUT2D eigenvalue weighted by Crippen LogP contribution is -2.14. The van der Waals surface area contributed by atoms with E-state index in [1.807, 2.05) is 12.1 Å². The van der Waals surface area contributed by atoms with Crippen LogP contribution in [0.25, 0.3) is 0 Å². The summed E-state index contributed by atoms with van der Waals surface area (Å²) >= 11 is 6.06. The monoisotopic (exact) mass is 382 g/mol. The Balaban J connectivity index is 1.62. The fourth-order valence-electron chi connectivity index (χ4n) is 2.47.